The van der Waals surface area contributed by atoms with Crippen LogP contribution in [-0.4, -0.2) is 11.9 Å². The lowest BCUT2D eigenvalue weighted by molar-refractivity contribution is 0.522. The number of benzene rings is 2. The van der Waals surface area contributed by atoms with E-state index in [1.165, 1.54) is 202 Å². The Balaban J connectivity index is 1.88. The van der Waals surface area contributed by atoms with Crippen molar-refractivity contribution in [3.63, 3.8) is 0 Å². The minimum atomic E-state index is 0.960. The molecule has 56 heavy (non-hydrogen) atoms. The van der Waals surface area contributed by atoms with E-state index in [1.54, 1.807) is 0 Å². The number of hydrogen-bond donors (Lipinski definition) is 0. The van der Waals surface area contributed by atoms with Crippen LogP contribution in [-0.2, 0) is 25.7 Å². The maximum atomic E-state index is 5.26. The summed E-state index contributed by atoms with van der Waals surface area (Å²) in [5, 5.41) is 0. The molecule has 0 fully saturated rings. The predicted molar refractivity (Wildman–Crippen MR) is 254 cm³/mol. The first kappa shape index (κ1) is 49.7. The number of hydrogen-bond acceptors (Lipinski definition) is 2. The molecule has 0 N–H and O–H groups in total. The zero-order valence-corrected chi connectivity index (χ0v) is 37.9. The normalized spacial score (nSPS) is 12.2. The molecule has 0 saturated carbocycles. The van der Waals surface area contributed by atoms with Crippen LogP contribution in [0.15, 0.2) is 58.5 Å². The van der Waals surface area contributed by atoms with Crippen LogP contribution in [0.4, 0.5) is 11.4 Å². The lowest BCUT2D eigenvalue weighted by atomic mass is 10.0. The van der Waals surface area contributed by atoms with Crippen molar-refractivity contribution in [3.05, 3.63) is 70.8 Å². The molecule has 2 aromatic carbocycles. The second kappa shape index (κ2) is 35.7. The quantitative estimate of drug-likeness (QED) is 0.0483. The second-order valence-corrected chi connectivity index (χ2v) is 17.1. The van der Waals surface area contributed by atoms with Crippen molar-refractivity contribution in [1.29, 1.82) is 0 Å². The van der Waals surface area contributed by atoms with Gasteiger partial charge in [-0.3, -0.25) is 4.99 Å². The monoisotopic (exact) mass is 767 g/mol. The minimum Gasteiger partial charge on any atom is -0.255 e. The molecule has 0 bridgehead atoms. The molecule has 0 radical (unpaired) electrons. The van der Waals surface area contributed by atoms with Gasteiger partial charge in [0.05, 0.1) is 23.3 Å². The first-order valence-electron chi connectivity index (χ1n) is 24.7. The Labute approximate surface area is 349 Å². The van der Waals surface area contributed by atoms with Crippen molar-refractivity contribution in [2.45, 2.75) is 247 Å². The molecule has 0 saturated heterocycles. The van der Waals surface area contributed by atoms with E-state index in [9.17, 15) is 0 Å². The third kappa shape index (κ3) is 26.4. The molecule has 0 spiro atoms. The van der Waals surface area contributed by atoms with E-state index in [0.717, 1.165) is 49.2 Å². The van der Waals surface area contributed by atoms with E-state index in [-0.39, 0.29) is 0 Å². The highest BCUT2D eigenvalue weighted by atomic mass is 14.8. The molecule has 0 aliphatic carbocycles. The number of unbranched alkanes of at least 4 members (excludes halogenated alkanes) is 24. The number of allylic oxidation sites excluding steroid dienone is 2. The average Bonchev–Trinajstić information content (AvgIpc) is 3.21. The van der Waals surface area contributed by atoms with Crippen molar-refractivity contribution < 1.29 is 0 Å². The summed E-state index contributed by atoms with van der Waals surface area (Å²) in [5.74, 6) is 0. The van der Waals surface area contributed by atoms with E-state index in [2.05, 4.69) is 83.2 Å². The fourth-order valence-electron chi connectivity index (χ4n) is 7.85. The standard InChI is InChI=1S/C54H90N2/c1-6-11-16-17-18-19-20-21-22-23-24-25-26-27-28-29-30-31-32-33-34-35-40-52(56-54-45-50(38-14-9-4)42-51(46-54)39-15-10-5)47-55-53-43-48(36-12-7-2)41-49(44-53)37-13-8-3/h35,40-47H,6-34,36-39H2,1-5H3. The van der Waals surface area contributed by atoms with Crippen LogP contribution in [0, 0.1) is 0 Å². The van der Waals surface area contributed by atoms with Crippen LogP contribution in [0.3, 0.4) is 0 Å². The van der Waals surface area contributed by atoms with Crippen molar-refractivity contribution in [3.8, 4) is 0 Å². The van der Waals surface area contributed by atoms with Gasteiger partial charge >= 0.3 is 0 Å². The number of rotatable bonds is 37. The maximum Gasteiger partial charge on any atom is 0.0816 e. The average molecular weight is 767 g/mol. The molecular formula is C54H90N2. The smallest absolute Gasteiger partial charge is 0.0816 e. The van der Waals surface area contributed by atoms with E-state index >= 15 is 0 Å². The van der Waals surface area contributed by atoms with Crippen LogP contribution in [0.5, 0.6) is 0 Å². The predicted octanol–water partition coefficient (Wildman–Crippen LogP) is 18.3. The van der Waals surface area contributed by atoms with E-state index in [1.807, 2.05) is 6.21 Å². The molecule has 2 aromatic rings. The van der Waals surface area contributed by atoms with E-state index in [0.29, 0.717) is 0 Å². The second-order valence-electron chi connectivity index (χ2n) is 17.1. The Morgan fingerprint density at radius 3 is 1.05 bits per heavy atom. The lowest BCUT2D eigenvalue weighted by Crippen LogP contribution is -1.97. The maximum absolute atomic E-state index is 5.26. The SMILES string of the molecule is CCCCCCCCCCCCCCCCCCCCCCC=CC(C=Nc1cc(CCCC)cc(CCCC)c1)=Nc1cc(CCCC)cc(CCCC)c1. The van der Waals surface area contributed by atoms with Gasteiger partial charge in [-0.25, -0.2) is 4.99 Å². The Hall–Kier alpha value is -2.48. The van der Waals surface area contributed by atoms with Crippen LogP contribution in [0.25, 0.3) is 0 Å². The van der Waals surface area contributed by atoms with Gasteiger partial charge in [-0.2, -0.15) is 0 Å². The molecule has 0 atom stereocenters. The van der Waals surface area contributed by atoms with E-state index < -0.39 is 0 Å². The molecule has 2 rings (SSSR count). The number of nitrogens with zero attached hydrogens (tertiary/aromatic N) is 2. The number of aliphatic imine (C=N–C) groups is 2. The third-order valence-electron chi connectivity index (χ3n) is 11.5. The molecule has 0 aromatic heterocycles. The van der Waals surface area contributed by atoms with Gasteiger partial charge in [-0.05, 0) is 117 Å². The van der Waals surface area contributed by atoms with Gasteiger partial charge < -0.3 is 0 Å². The summed E-state index contributed by atoms with van der Waals surface area (Å²) in [5.41, 5.74) is 8.80. The van der Waals surface area contributed by atoms with Crippen LogP contribution >= 0.6 is 0 Å². The van der Waals surface area contributed by atoms with Gasteiger partial charge in [0, 0.05) is 0 Å². The fourth-order valence-corrected chi connectivity index (χ4v) is 7.85. The summed E-state index contributed by atoms with van der Waals surface area (Å²) in [6.45, 7) is 11.4. The van der Waals surface area contributed by atoms with Gasteiger partial charge in [0.2, 0.25) is 0 Å². The van der Waals surface area contributed by atoms with Gasteiger partial charge in [0.25, 0.3) is 0 Å². The summed E-state index contributed by atoms with van der Waals surface area (Å²) >= 11 is 0. The van der Waals surface area contributed by atoms with Crippen molar-refractivity contribution in [2.24, 2.45) is 9.98 Å². The Morgan fingerprint density at radius 2 is 0.696 bits per heavy atom. The van der Waals surface area contributed by atoms with Gasteiger partial charge in [-0.1, -0.05) is 201 Å². The molecule has 0 unspecified atom stereocenters. The molecule has 0 amide bonds. The van der Waals surface area contributed by atoms with Gasteiger partial charge in [0.1, 0.15) is 0 Å². The summed E-state index contributed by atoms with van der Waals surface area (Å²) in [4.78, 5) is 10.3. The third-order valence-corrected chi connectivity index (χ3v) is 11.5. The molecule has 0 aliphatic heterocycles. The largest absolute Gasteiger partial charge is 0.255 e. The molecule has 2 nitrogen and oxygen atoms in total. The molecule has 0 heterocycles. The van der Waals surface area contributed by atoms with E-state index in [4.69, 9.17) is 9.98 Å². The van der Waals surface area contributed by atoms with Gasteiger partial charge in [-0.15, -0.1) is 0 Å². The van der Waals surface area contributed by atoms with Crippen LogP contribution in [0.2, 0.25) is 0 Å². The summed E-state index contributed by atoms with van der Waals surface area (Å²) in [6.07, 6.45) is 50.5. The fraction of sp³-hybridized carbons (Fsp3) is 0.704. The highest BCUT2D eigenvalue weighted by Gasteiger charge is 2.05. The van der Waals surface area contributed by atoms with Crippen molar-refractivity contribution in [1.82, 2.24) is 0 Å². The molecule has 316 valence electrons. The zero-order chi connectivity index (χ0) is 40.2. The van der Waals surface area contributed by atoms with Crippen molar-refractivity contribution >= 4 is 23.3 Å². The lowest BCUT2D eigenvalue weighted by Gasteiger charge is -2.08. The summed E-state index contributed by atoms with van der Waals surface area (Å²) in [7, 11) is 0. The highest BCUT2D eigenvalue weighted by molar-refractivity contribution is 6.36. The highest BCUT2D eigenvalue weighted by Crippen LogP contribution is 2.24. The first-order valence-corrected chi connectivity index (χ1v) is 24.7. The minimum absolute atomic E-state index is 0.960. The van der Waals surface area contributed by atoms with Crippen LogP contribution in [0.1, 0.15) is 243 Å². The topological polar surface area (TPSA) is 24.7 Å². The molecule has 2 heteroatoms. The summed E-state index contributed by atoms with van der Waals surface area (Å²) in [6, 6.07) is 14.1. The Bertz CT molecular complexity index is 1250. The zero-order valence-electron chi connectivity index (χ0n) is 37.9. The molecular weight excluding hydrogens is 677 g/mol. The van der Waals surface area contributed by atoms with Gasteiger partial charge in [0.15, 0.2) is 0 Å². The van der Waals surface area contributed by atoms with Crippen LogP contribution < -0.4 is 0 Å². The summed E-state index contributed by atoms with van der Waals surface area (Å²) < 4.78 is 0. The Kier molecular flexibility index (Phi) is 31.6. The van der Waals surface area contributed by atoms with Crippen molar-refractivity contribution in [2.75, 3.05) is 0 Å². The Morgan fingerprint density at radius 1 is 0.375 bits per heavy atom. The first-order chi connectivity index (χ1) is 27.6. The molecule has 0 aliphatic rings. The number of aryl methyl sites for hydroxylation is 4.